The van der Waals surface area contributed by atoms with E-state index in [-0.39, 0.29) is 29.9 Å². The van der Waals surface area contributed by atoms with Gasteiger partial charge in [-0.3, -0.25) is 9.79 Å². The molecule has 1 amide bonds. The number of aliphatic imine (C=N–C) groups is 1. The summed E-state index contributed by atoms with van der Waals surface area (Å²) in [4.78, 5) is 17.9. The molecule has 0 bridgehead atoms. The van der Waals surface area contributed by atoms with E-state index in [2.05, 4.69) is 15.6 Å². The van der Waals surface area contributed by atoms with Gasteiger partial charge in [-0.05, 0) is 30.2 Å². The lowest BCUT2D eigenvalue weighted by Crippen LogP contribution is -2.39. The van der Waals surface area contributed by atoms with E-state index in [1.165, 1.54) is 0 Å². The molecule has 0 atom stereocenters. The predicted molar refractivity (Wildman–Crippen MR) is 136 cm³/mol. The molecule has 170 valence electrons. The highest BCUT2D eigenvalue weighted by atomic mass is 127. The molecule has 0 aliphatic carbocycles. The van der Waals surface area contributed by atoms with Gasteiger partial charge < -0.3 is 25.0 Å². The monoisotopic (exact) mass is 540 g/mol. The molecule has 2 N–H and O–H groups in total. The van der Waals surface area contributed by atoms with Crippen molar-refractivity contribution in [2.75, 3.05) is 47.9 Å². The van der Waals surface area contributed by atoms with E-state index in [1.54, 1.807) is 33.2 Å². The standard InChI is InChI=1S/C23H32N4O3.HI/c1-24-23(26-14-15-30-17-20-9-5-6-11-21(20)29-4)25-13-12-18-8-7-10-19(16-18)22(28)27(2)3;/h5-11,16H,12-15,17H2,1-4H3,(H2,24,25,26);1H. The van der Waals surface area contributed by atoms with Gasteiger partial charge in [-0.15, -0.1) is 24.0 Å². The molecule has 7 nitrogen and oxygen atoms in total. The first-order valence-electron chi connectivity index (χ1n) is 10.00. The topological polar surface area (TPSA) is 75.2 Å². The summed E-state index contributed by atoms with van der Waals surface area (Å²) < 4.78 is 11.0. The molecule has 0 unspecified atom stereocenters. The number of amides is 1. The molecule has 31 heavy (non-hydrogen) atoms. The Balaban J connectivity index is 0.00000480. The van der Waals surface area contributed by atoms with E-state index in [0.29, 0.717) is 31.9 Å². The minimum Gasteiger partial charge on any atom is -0.496 e. The minimum atomic E-state index is 0. The lowest BCUT2D eigenvalue weighted by Gasteiger charge is -2.13. The summed E-state index contributed by atoms with van der Waals surface area (Å²) in [5.41, 5.74) is 2.83. The van der Waals surface area contributed by atoms with Crippen molar-refractivity contribution in [3.63, 3.8) is 0 Å². The Morgan fingerprint density at radius 1 is 1.06 bits per heavy atom. The zero-order chi connectivity index (χ0) is 21.8. The molecule has 0 saturated heterocycles. The molecule has 0 aliphatic heterocycles. The van der Waals surface area contributed by atoms with Crippen molar-refractivity contribution in [1.29, 1.82) is 0 Å². The lowest BCUT2D eigenvalue weighted by molar-refractivity contribution is 0.0827. The molecule has 0 heterocycles. The van der Waals surface area contributed by atoms with Gasteiger partial charge >= 0.3 is 0 Å². The predicted octanol–water partition coefficient (Wildman–Crippen LogP) is 2.94. The average molecular weight is 540 g/mol. The number of nitrogens with zero attached hydrogens (tertiary/aromatic N) is 2. The van der Waals surface area contributed by atoms with Crippen LogP contribution in [0, 0.1) is 0 Å². The van der Waals surface area contributed by atoms with Crippen LogP contribution in [0.3, 0.4) is 0 Å². The maximum absolute atomic E-state index is 12.1. The van der Waals surface area contributed by atoms with Crippen LogP contribution in [0.5, 0.6) is 5.75 Å². The van der Waals surface area contributed by atoms with Crippen molar-refractivity contribution in [2.45, 2.75) is 13.0 Å². The molecular weight excluding hydrogens is 507 g/mol. The van der Waals surface area contributed by atoms with Crippen molar-refractivity contribution >= 4 is 35.8 Å². The van der Waals surface area contributed by atoms with Crippen LogP contribution in [0.15, 0.2) is 53.5 Å². The Bertz CT molecular complexity index is 843. The van der Waals surface area contributed by atoms with Crippen LogP contribution in [0.1, 0.15) is 21.5 Å². The molecule has 0 spiro atoms. The summed E-state index contributed by atoms with van der Waals surface area (Å²) in [6.07, 6.45) is 0.791. The zero-order valence-corrected chi connectivity index (χ0v) is 21.0. The van der Waals surface area contributed by atoms with Gasteiger partial charge in [0.2, 0.25) is 0 Å². The van der Waals surface area contributed by atoms with Crippen molar-refractivity contribution in [2.24, 2.45) is 4.99 Å². The molecule has 8 heteroatoms. The van der Waals surface area contributed by atoms with Gasteiger partial charge in [0.1, 0.15) is 5.75 Å². The summed E-state index contributed by atoms with van der Waals surface area (Å²) in [6.45, 7) is 2.40. The third-order valence-corrected chi connectivity index (χ3v) is 4.50. The highest BCUT2D eigenvalue weighted by molar-refractivity contribution is 14.0. The Labute approximate surface area is 202 Å². The fourth-order valence-corrected chi connectivity index (χ4v) is 2.91. The highest BCUT2D eigenvalue weighted by Gasteiger charge is 2.08. The van der Waals surface area contributed by atoms with Gasteiger partial charge in [0, 0.05) is 45.4 Å². The van der Waals surface area contributed by atoms with Gasteiger partial charge in [0.05, 0.1) is 20.3 Å². The van der Waals surface area contributed by atoms with E-state index in [4.69, 9.17) is 9.47 Å². The number of benzene rings is 2. The number of carbonyl (C=O) groups excluding carboxylic acids is 1. The maximum atomic E-state index is 12.1. The van der Waals surface area contributed by atoms with Crippen LogP contribution in [0.2, 0.25) is 0 Å². The smallest absolute Gasteiger partial charge is 0.253 e. The molecule has 0 fully saturated rings. The Morgan fingerprint density at radius 2 is 1.81 bits per heavy atom. The summed E-state index contributed by atoms with van der Waals surface area (Å²) in [5, 5.41) is 6.52. The Kier molecular flexibility index (Phi) is 12.6. The molecule has 0 saturated carbocycles. The second-order valence-electron chi connectivity index (χ2n) is 6.94. The van der Waals surface area contributed by atoms with Crippen LogP contribution < -0.4 is 15.4 Å². The van der Waals surface area contributed by atoms with E-state index in [0.717, 1.165) is 29.3 Å². The van der Waals surface area contributed by atoms with Crippen LogP contribution in [0.4, 0.5) is 0 Å². The van der Waals surface area contributed by atoms with E-state index < -0.39 is 0 Å². The number of hydrogen-bond acceptors (Lipinski definition) is 4. The number of nitrogens with one attached hydrogen (secondary N) is 2. The SMILES string of the molecule is CN=C(NCCOCc1ccccc1OC)NCCc1cccc(C(=O)N(C)C)c1.I. The summed E-state index contributed by atoms with van der Waals surface area (Å²) in [5.74, 6) is 1.56. The molecule has 0 aromatic heterocycles. The van der Waals surface area contributed by atoms with Gasteiger partial charge in [-0.1, -0.05) is 30.3 Å². The van der Waals surface area contributed by atoms with Crippen LogP contribution >= 0.6 is 24.0 Å². The van der Waals surface area contributed by atoms with Crippen LogP contribution in [0.25, 0.3) is 0 Å². The second-order valence-corrected chi connectivity index (χ2v) is 6.94. The first-order chi connectivity index (χ1) is 14.5. The molecule has 2 rings (SSSR count). The van der Waals surface area contributed by atoms with E-state index >= 15 is 0 Å². The molecule has 0 radical (unpaired) electrons. The number of guanidine groups is 1. The quantitative estimate of drug-likeness (QED) is 0.210. The van der Waals surface area contributed by atoms with Crippen molar-refractivity contribution in [3.8, 4) is 5.75 Å². The van der Waals surface area contributed by atoms with Crippen molar-refractivity contribution in [1.82, 2.24) is 15.5 Å². The third kappa shape index (κ3) is 9.14. The van der Waals surface area contributed by atoms with Gasteiger partial charge in [0.25, 0.3) is 5.91 Å². The first kappa shape index (κ1) is 26.7. The van der Waals surface area contributed by atoms with Gasteiger partial charge in [-0.25, -0.2) is 0 Å². The Hall–Kier alpha value is -2.33. The van der Waals surface area contributed by atoms with Crippen molar-refractivity contribution < 1.29 is 14.3 Å². The normalized spacial score (nSPS) is 10.8. The fraction of sp³-hybridized carbons (Fsp3) is 0.391. The Morgan fingerprint density at radius 3 is 2.52 bits per heavy atom. The molecular formula is C23H33IN4O3. The number of ether oxygens (including phenoxy) is 2. The summed E-state index contributed by atoms with van der Waals surface area (Å²) in [7, 11) is 6.91. The number of methoxy groups -OCH3 is 1. The minimum absolute atomic E-state index is 0. The molecule has 2 aromatic rings. The number of para-hydroxylation sites is 1. The first-order valence-corrected chi connectivity index (χ1v) is 10.00. The average Bonchev–Trinajstić information content (AvgIpc) is 2.77. The highest BCUT2D eigenvalue weighted by Crippen LogP contribution is 2.17. The molecule has 2 aromatic carbocycles. The fourth-order valence-electron chi connectivity index (χ4n) is 2.91. The molecule has 0 aliphatic rings. The van der Waals surface area contributed by atoms with E-state index in [1.807, 2.05) is 48.5 Å². The largest absolute Gasteiger partial charge is 0.496 e. The van der Waals surface area contributed by atoms with Crippen LogP contribution in [-0.4, -0.2) is 64.7 Å². The maximum Gasteiger partial charge on any atom is 0.253 e. The zero-order valence-electron chi connectivity index (χ0n) is 18.7. The number of halogens is 1. The second kappa shape index (κ2) is 14.6. The number of rotatable bonds is 10. The van der Waals surface area contributed by atoms with E-state index in [9.17, 15) is 4.79 Å². The van der Waals surface area contributed by atoms with Gasteiger partial charge in [-0.2, -0.15) is 0 Å². The van der Waals surface area contributed by atoms with Crippen molar-refractivity contribution in [3.05, 3.63) is 65.2 Å². The summed E-state index contributed by atoms with van der Waals surface area (Å²) >= 11 is 0. The van der Waals surface area contributed by atoms with Gasteiger partial charge in [0.15, 0.2) is 5.96 Å². The number of hydrogen-bond donors (Lipinski definition) is 2. The van der Waals surface area contributed by atoms with Crippen LogP contribution in [-0.2, 0) is 17.8 Å². The third-order valence-electron chi connectivity index (χ3n) is 4.50. The number of carbonyl (C=O) groups is 1. The summed E-state index contributed by atoms with van der Waals surface area (Å²) in [6, 6.07) is 15.5. The lowest BCUT2D eigenvalue weighted by atomic mass is 10.1.